The fourth-order valence-corrected chi connectivity index (χ4v) is 1.60. The van der Waals surface area contributed by atoms with Crippen LogP contribution in [0, 0.1) is 5.92 Å². The zero-order valence-corrected chi connectivity index (χ0v) is 9.10. The van der Waals surface area contributed by atoms with E-state index in [4.69, 9.17) is 15.7 Å². The molecule has 1 saturated carbocycles. The summed E-state index contributed by atoms with van der Waals surface area (Å²) in [5.74, 6) is 1.61. The van der Waals surface area contributed by atoms with E-state index in [1.165, 1.54) is 12.8 Å². The van der Waals surface area contributed by atoms with E-state index < -0.39 is 0 Å². The van der Waals surface area contributed by atoms with Crippen LogP contribution in [-0.2, 0) is 0 Å². The third-order valence-corrected chi connectivity index (χ3v) is 2.75. The maximum absolute atomic E-state index is 8.64. The molecule has 1 aromatic carbocycles. The molecule has 1 aliphatic rings. The molecule has 1 aromatic rings. The van der Waals surface area contributed by atoms with Crippen LogP contribution in [0.1, 0.15) is 24.8 Å². The second-order valence-electron chi connectivity index (χ2n) is 4.06. The topological polar surface area (TPSA) is 67.8 Å². The first kappa shape index (κ1) is 10.8. The van der Waals surface area contributed by atoms with E-state index in [1.807, 2.05) is 18.2 Å². The first-order chi connectivity index (χ1) is 7.81. The molecule has 0 saturated heterocycles. The van der Waals surface area contributed by atoms with Crippen LogP contribution in [0.15, 0.2) is 29.4 Å². The van der Waals surface area contributed by atoms with Gasteiger partial charge in [-0.3, -0.25) is 0 Å². The van der Waals surface area contributed by atoms with Gasteiger partial charge in [0.05, 0.1) is 12.2 Å². The summed E-state index contributed by atoms with van der Waals surface area (Å²) in [4.78, 5) is 0. The Kier molecular flexibility index (Phi) is 3.29. The number of nitrogens with zero attached hydrogens (tertiary/aromatic N) is 1. The Morgan fingerprint density at radius 1 is 1.44 bits per heavy atom. The highest BCUT2D eigenvalue weighted by Crippen LogP contribution is 2.32. The molecule has 4 heteroatoms. The SMILES string of the molecule is NC(=NO)c1ccccc1OCCC1CC1. The van der Waals surface area contributed by atoms with E-state index in [2.05, 4.69) is 5.16 Å². The predicted octanol–water partition coefficient (Wildman–Crippen LogP) is 1.96. The van der Waals surface area contributed by atoms with E-state index in [1.54, 1.807) is 6.07 Å². The minimum absolute atomic E-state index is 0.0852. The van der Waals surface area contributed by atoms with Crippen LogP contribution in [0.5, 0.6) is 5.75 Å². The molecule has 0 bridgehead atoms. The molecule has 0 spiro atoms. The summed E-state index contributed by atoms with van der Waals surface area (Å²) < 4.78 is 5.64. The summed E-state index contributed by atoms with van der Waals surface area (Å²) in [7, 11) is 0. The molecular weight excluding hydrogens is 204 g/mol. The predicted molar refractivity (Wildman–Crippen MR) is 61.8 cm³/mol. The van der Waals surface area contributed by atoms with Crippen molar-refractivity contribution in [2.24, 2.45) is 16.8 Å². The van der Waals surface area contributed by atoms with Crippen molar-refractivity contribution in [2.45, 2.75) is 19.3 Å². The number of amidine groups is 1. The van der Waals surface area contributed by atoms with Crippen LogP contribution < -0.4 is 10.5 Å². The number of oxime groups is 1. The first-order valence-corrected chi connectivity index (χ1v) is 5.51. The van der Waals surface area contributed by atoms with E-state index >= 15 is 0 Å². The summed E-state index contributed by atoms with van der Waals surface area (Å²) in [6, 6.07) is 7.32. The standard InChI is InChI=1S/C12H16N2O2/c13-12(14-15)10-3-1-2-4-11(10)16-8-7-9-5-6-9/h1-4,9,15H,5-8H2,(H2,13,14). The van der Waals surface area contributed by atoms with E-state index in [0.717, 1.165) is 12.3 Å². The van der Waals surface area contributed by atoms with Crippen molar-refractivity contribution in [3.63, 3.8) is 0 Å². The van der Waals surface area contributed by atoms with Crippen LogP contribution in [0.3, 0.4) is 0 Å². The minimum Gasteiger partial charge on any atom is -0.493 e. The zero-order valence-electron chi connectivity index (χ0n) is 9.10. The molecule has 2 rings (SSSR count). The van der Waals surface area contributed by atoms with Crippen LogP contribution in [0.2, 0.25) is 0 Å². The molecular formula is C12H16N2O2. The van der Waals surface area contributed by atoms with Gasteiger partial charge in [-0.05, 0) is 24.5 Å². The van der Waals surface area contributed by atoms with Crippen molar-refractivity contribution in [3.05, 3.63) is 29.8 Å². The summed E-state index contributed by atoms with van der Waals surface area (Å²) in [6.45, 7) is 0.695. The number of rotatable bonds is 5. The van der Waals surface area contributed by atoms with Crippen LogP contribution >= 0.6 is 0 Å². The van der Waals surface area contributed by atoms with Crippen LogP contribution in [0.4, 0.5) is 0 Å². The molecule has 16 heavy (non-hydrogen) atoms. The second-order valence-corrected chi connectivity index (χ2v) is 4.06. The number of benzene rings is 1. The summed E-state index contributed by atoms with van der Waals surface area (Å²) in [5.41, 5.74) is 6.20. The third-order valence-electron chi connectivity index (χ3n) is 2.75. The molecule has 0 heterocycles. The zero-order chi connectivity index (χ0) is 11.4. The first-order valence-electron chi connectivity index (χ1n) is 5.51. The summed E-state index contributed by atoms with van der Waals surface area (Å²) in [6.07, 6.45) is 3.74. The fourth-order valence-electron chi connectivity index (χ4n) is 1.60. The monoisotopic (exact) mass is 220 g/mol. The minimum atomic E-state index is 0.0852. The van der Waals surface area contributed by atoms with Crippen molar-refractivity contribution in [3.8, 4) is 5.75 Å². The van der Waals surface area contributed by atoms with Crippen LogP contribution in [-0.4, -0.2) is 17.6 Å². The number of hydrogen-bond acceptors (Lipinski definition) is 3. The average Bonchev–Trinajstić information content (AvgIpc) is 3.13. The normalized spacial score (nSPS) is 16.1. The number of hydrogen-bond donors (Lipinski definition) is 2. The largest absolute Gasteiger partial charge is 0.493 e. The highest BCUT2D eigenvalue weighted by molar-refractivity contribution is 5.99. The van der Waals surface area contributed by atoms with Crippen molar-refractivity contribution in [2.75, 3.05) is 6.61 Å². The Morgan fingerprint density at radius 3 is 2.88 bits per heavy atom. The quantitative estimate of drug-likeness (QED) is 0.345. The van der Waals surface area contributed by atoms with Gasteiger partial charge in [0.25, 0.3) is 0 Å². The second kappa shape index (κ2) is 4.88. The lowest BCUT2D eigenvalue weighted by molar-refractivity contribution is 0.300. The average molecular weight is 220 g/mol. The van der Waals surface area contributed by atoms with Gasteiger partial charge in [-0.2, -0.15) is 0 Å². The Hall–Kier alpha value is -1.71. The number of nitrogens with two attached hydrogens (primary N) is 1. The van der Waals surface area contributed by atoms with Gasteiger partial charge in [0.1, 0.15) is 5.75 Å². The highest BCUT2D eigenvalue weighted by Gasteiger charge is 2.20. The smallest absolute Gasteiger partial charge is 0.173 e. The van der Waals surface area contributed by atoms with Gasteiger partial charge in [-0.1, -0.05) is 30.1 Å². The molecule has 86 valence electrons. The number of para-hydroxylation sites is 1. The van der Waals surface area contributed by atoms with E-state index in [0.29, 0.717) is 17.9 Å². The molecule has 4 nitrogen and oxygen atoms in total. The molecule has 1 aliphatic carbocycles. The maximum atomic E-state index is 8.64. The van der Waals surface area contributed by atoms with Crippen molar-refractivity contribution in [1.29, 1.82) is 0 Å². The molecule has 1 fully saturated rings. The maximum Gasteiger partial charge on any atom is 0.173 e. The number of ether oxygens (including phenoxy) is 1. The Bertz CT molecular complexity index is 386. The van der Waals surface area contributed by atoms with Crippen molar-refractivity contribution < 1.29 is 9.94 Å². The molecule has 0 amide bonds. The molecule has 0 atom stereocenters. The van der Waals surface area contributed by atoms with Crippen LogP contribution in [0.25, 0.3) is 0 Å². The molecule has 0 unspecified atom stereocenters. The molecule has 0 radical (unpaired) electrons. The Balaban J connectivity index is 2.00. The molecule has 0 aliphatic heterocycles. The van der Waals surface area contributed by atoms with Gasteiger partial charge < -0.3 is 15.7 Å². The van der Waals surface area contributed by atoms with Gasteiger partial charge in [0.2, 0.25) is 0 Å². The Morgan fingerprint density at radius 2 is 2.19 bits per heavy atom. The van der Waals surface area contributed by atoms with Gasteiger partial charge >= 0.3 is 0 Å². The van der Waals surface area contributed by atoms with Crippen molar-refractivity contribution in [1.82, 2.24) is 0 Å². The lowest BCUT2D eigenvalue weighted by atomic mass is 10.2. The van der Waals surface area contributed by atoms with Gasteiger partial charge in [0.15, 0.2) is 5.84 Å². The van der Waals surface area contributed by atoms with Gasteiger partial charge in [0, 0.05) is 0 Å². The Labute approximate surface area is 94.7 Å². The van der Waals surface area contributed by atoms with Gasteiger partial charge in [-0.25, -0.2) is 0 Å². The lowest BCUT2D eigenvalue weighted by Gasteiger charge is -2.09. The third kappa shape index (κ3) is 2.66. The highest BCUT2D eigenvalue weighted by atomic mass is 16.5. The molecule has 0 aromatic heterocycles. The lowest BCUT2D eigenvalue weighted by Crippen LogP contribution is -2.15. The van der Waals surface area contributed by atoms with E-state index in [-0.39, 0.29) is 5.84 Å². The van der Waals surface area contributed by atoms with Crippen molar-refractivity contribution >= 4 is 5.84 Å². The van der Waals surface area contributed by atoms with E-state index in [9.17, 15) is 0 Å². The fraction of sp³-hybridized carbons (Fsp3) is 0.417. The summed E-state index contributed by atoms with van der Waals surface area (Å²) >= 11 is 0. The van der Waals surface area contributed by atoms with Gasteiger partial charge in [-0.15, -0.1) is 0 Å². The summed E-state index contributed by atoms with van der Waals surface area (Å²) in [5, 5.41) is 11.6. The molecule has 3 N–H and O–H groups in total.